The third-order valence-corrected chi connectivity index (χ3v) is 5.74. The lowest BCUT2D eigenvalue weighted by Crippen LogP contribution is -2.44. The molecule has 1 aliphatic heterocycles. The molecule has 0 unspecified atom stereocenters. The molecule has 0 atom stereocenters. The van der Waals surface area contributed by atoms with Gasteiger partial charge in [0.25, 0.3) is 0 Å². The van der Waals surface area contributed by atoms with E-state index in [-0.39, 0.29) is 24.0 Å². The first kappa shape index (κ1) is 16.4. The lowest BCUT2D eigenvalue weighted by atomic mass is 9.84. The molecule has 0 amide bonds. The maximum absolute atomic E-state index is 6.10. The monoisotopic (exact) mass is 383 g/mol. The van der Waals surface area contributed by atoms with Crippen molar-refractivity contribution in [2.75, 3.05) is 25.9 Å². The first-order chi connectivity index (χ1) is 8.15. The number of hydrogen-bond donors (Lipinski definition) is 1. The minimum Gasteiger partial charge on any atom is -0.370 e. The summed E-state index contributed by atoms with van der Waals surface area (Å²) in [5.74, 6) is 1.63. The molecule has 1 saturated heterocycles. The molecule has 1 heterocycles. The molecule has 0 radical (unpaired) electrons. The standard InChI is InChI=1S/C13H25N3S.HI/c1-11-4-8-16(9-5-11)12(14)15-10-13(17-2)6-3-7-13;/h11H,3-10H2,1-2H3,(H2,14,15);1H. The van der Waals surface area contributed by atoms with Crippen LogP contribution in [0.2, 0.25) is 0 Å². The summed E-state index contributed by atoms with van der Waals surface area (Å²) in [4.78, 5) is 6.89. The molecule has 2 rings (SSSR count). The Morgan fingerprint density at radius 3 is 2.44 bits per heavy atom. The normalized spacial score (nSPS) is 24.3. The fraction of sp³-hybridized carbons (Fsp3) is 0.923. The van der Waals surface area contributed by atoms with Gasteiger partial charge >= 0.3 is 0 Å². The quantitative estimate of drug-likeness (QED) is 0.463. The van der Waals surface area contributed by atoms with Gasteiger partial charge in [0.15, 0.2) is 5.96 Å². The van der Waals surface area contributed by atoms with Gasteiger partial charge in [0.2, 0.25) is 0 Å². The molecular weight excluding hydrogens is 357 g/mol. The second kappa shape index (κ2) is 7.22. The number of nitrogens with zero attached hydrogens (tertiary/aromatic N) is 2. The van der Waals surface area contributed by atoms with E-state index < -0.39 is 0 Å². The first-order valence-corrected chi connectivity index (χ1v) is 7.98. The number of rotatable bonds is 3. The van der Waals surface area contributed by atoms with Crippen molar-refractivity contribution in [1.82, 2.24) is 4.90 Å². The Bertz CT molecular complexity index is 278. The molecule has 2 aliphatic rings. The molecule has 1 saturated carbocycles. The molecule has 2 N–H and O–H groups in total. The lowest BCUT2D eigenvalue weighted by molar-refractivity contribution is 0.276. The number of likely N-dealkylation sites (tertiary alicyclic amines) is 1. The van der Waals surface area contributed by atoms with Crippen LogP contribution in [-0.2, 0) is 0 Å². The van der Waals surface area contributed by atoms with Crippen molar-refractivity contribution >= 4 is 41.7 Å². The Hall–Kier alpha value is 0.350. The van der Waals surface area contributed by atoms with Crippen LogP contribution in [-0.4, -0.2) is 41.5 Å². The Morgan fingerprint density at radius 2 is 2.00 bits per heavy atom. The molecule has 0 spiro atoms. The fourth-order valence-electron chi connectivity index (χ4n) is 2.56. The number of halogens is 1. The summed E-state index contributed by atoms with van der Waals surface area (Å²) in [5, 5.41) is 0. The van der Waals surface area contributed by atoms with Gasteiger partial charge < -0.3 is 10.6 Å². The number of nitrogens with two attached hydrogens (primary N) is 1. The lowest BCUT2D eigenvalue weighted by Gasteiger charge is -2.39. The van der Waals surface area contributed by atoms with Crippen LogP contribution in [0.4, 0.5) is 0 Å². The van der Waals surface area contributed by atoms with Gasteiger partial charge in [-0.05, 0) is 37.9 Å². The predicted molar refractivity (Wildman–Crippen MR) is 92.0 cm³/mol. The maximum atomic E-state index is 6.10. The molecule has 18 heavy (non-hydrogen) atoms. The Balaban J connectivity index is 0.00000162. The summed E-state index contributed by atoms with van der Waals surface area (Å²) in [6.07, 6.45) is 8.68. The highest BCUT2D eigenvalue weighted by atomic mass is 127. The van der Waals surface area contributed by atoms with E-state index in [1.165, 1.54) is 32.1 Å². The van der Waals surface area contributed by atoms with Crippen molar-refractivity contribution in [2.45, 2.75) is 43.8 Å². The molecule has 0 bridgehead atoms. The molecule has 0 aromatic heterocycles. The van der Waals surface area contributed by atoms with E-state index in [1.54, 1.807) is 0 Å². The highest BCUT2D eigenvalue weighted by Gasteiger charge is 2.36. The van der Waals surface area contributed by atoms with Crippen molar-refractivity contribution in [3.8, 4) is 0 Å². The topological polar surface area (TPSA) is 41.6 Å². The van der Waals surface area contributed by atoms with Crippen molar-refractivity contribution in [2.24, 2.45) is 16.6 Å². The van der Waals surface area contributed by atoms with E-state index in [0.717, 1.165) is 31.5 Å². The molecule has 0 aromatic rings. The van der Waals surface area contributed by atoms with Gasteiger partial charge in [0.1, 0.15) is 0 Å². The number of hydrogen-bond acceptors (Lipinski definition) is 2. The van der Waals surface area contributed by atoms with E-state index in [9.17, 15) is 0 Å². The highest BCUT2D eigenvalue weighted by molar-refractivity contribution is 14.0. The Kier molecular flexibility index (Phi) is 6.58. The largest absolute Gasteiger partial charge is 0.370 e. The summed E-state index contributed by atoms with van der Waals surface area (Å²) >= 11 is 1.97. The zero-order chi connectivity index (χ0) is 12.3. The number of aliphatic imine (C=N–C) groups is 1. The van der Waals surface area contributed by atoms with Crippen molar-refractivity contribution in [3.63, 3.8) is 0 Å². The van der Waals surface area contributed by atoms with Gasteiger partial charge in [-0.2, -0.15) is 11.8 Å². The van der Waals surface area contributed by atoms with Gasteiger partial charge in [-0.1, -0.05) is 13.3 Å². The van der Waals surface area contributed by atoms with E-state index in [2.05, 4.69) is 23.1 Å². The maximum Gasteiger partial charge on any atom is 0.191 e. The summed E-state index contributed by atoms with van der Waals surface area (Å²) in [7, 11) is 0. The molecule has 106 valence electrons. The number of thioether (sulfide) groups is 1. The highest BCUT2D eigenvalue weighted by Crippen LogP contribution is 2.42. The molecular formula is C13H26IN3S. The molecule has 5 heteroatoms. The Morgan fingerprint density at radius 1 is 1.39 bits per heavy atom. The van der Waals surface area contributed by atoms with Gasteiger partial charge in [-0.3, -0.25) is 4.99 Å². The van der Waals surface area contributed by atoms with Gasteiger partial charge in [0.05, 0.1) is 6.54 Å². The average molecular weight is 383 g/mol. The van der Waals surface area contributed by atoms with Gasteiger partial charge in [0, 0.05) is 17.8 Å². The van der Waals surface area contributed by atoms with Gasteiger partial charge in [-0.25, -0.2) is 0 Å². The molecule has 3 nitrogen and oxygen atoms in total. The van der Waals surface area contributed by atoms with Crippen LogP contribution in [0.5, 0.6) is 0 Å². The van der Waals surface area contributed by atoms with Gasteiger partial charge in [-0.15, -0.1) is 24.0 Å². The van der Waals surface area contributed by atoms with Crippen LogP contribution in [0, 0.1) is 5.92 Å². The Labute approximate surface area is 132 Å². The average Bonchev–Trinajstić information content (AvgIpc) is 2.29. The van der Waals surface area contributed by atoms with Crippen LogP contribution in [0.25, 0.3) is 0 Å². The summed E-state index contributed by atoms with van der Waals surface area (Å²) in [5.41, 5.74) is 6.10. The van der Waals surface area contributed by atoms with E-state index in [4.69, 9.17) is 5.73 Å². The minimum atomic E-state index is 0. The smallest absolute Gasteiger partial charge is 0.191 e. The number of guanidine groups is 1. The predicted octanol–water partition coefficient (Wildman–Crippen LogP) is 2.94. The van der Waals surface area contributed by atoms with Crippen LogP contribution < -0.4 is 5.73 Å². The summed E-state index contributed by atoms with van der Waals surface area (Å²) < 4.78 is 0.410. The van der Waals surface area contributed by atoms with Crippen molar-refractivity contribution in [1.29, 1.82) is 0 Å². The zero-order valence-electron chi connectivity index (χ0n) is 11.5. The minimum absolute atomic E-state index is 0. The summed E-state index contributed by atoms with van der Waals surface area (Å²) in [6, 6.07) is 0. The molecule has 0 aromatic carbocycles. The third kappa shape index (κ3) is 3.92. The SMILES string of the molecule is CSC1(CN=C(N)N2CCC(C)CC2)CCC1.I. The fourth-order valence-corrected chi connectivity index (χ4v) is 3.45. The van der Waals surface area contributed by atoms with Crippen molar-refractivity contribution in [3.05, 3.63) is 0 Å². The van der Waals surface area contributed by atoms with Crippen LogP contribution in [0.15, 0.2) is 4.99 Å². The second-order valence-electron chi connectivity index (χ2n) is 5.58. The second-order valence-corrected chi connectivity index (χ2v) is 6.86. The van der Waals surface area contributed by atoms with E-state index in [1.807, 2.05) is 11.8 Å². The molecule has 1 aliphatic carbocycles. The third-order valence-electron chi connectivity index (χ3n) is 4.33. The summed E-state index contributed by atoms with van der Waals surface area (Å²) in [6.45, 7) is 5.40. The zero-order valence-corrected chi connectivity index (χ0v) is 14.7. The molecule has 2 fully saturated rings. The first-order valence-electron chi connectivity index (χ1n) is 6.75. The van der Waals surface area contributed by atoms with E-state index >= 15 is 0 Å². The number of piperidine rings is 1. The van der Waals surface area contributed by atoms with Crippen LogP contribution >= 0.6 is 35.7 Å². The van der Waals surface area contributed by atoms with Crippen molar-refractivity contribution < 1.29 is 0 Å². The van der Waals surface area contributed by atoms with E-state index in [0.29, 0.717) is 4.75 Å². The van der Waals surface area contributed by atoms with Crippen LogP contribution in [0.1, 0.15) is 39.0 Å². The van der Waals surface area contributed by atoms with Crippen LogP contribution in [0.3, 0.4) is 0 Å².